The molecule has 2 aliphatic rings. The van der Waals surface area contributed by atoms with Crippen molar-refractivity contribution in [2.45, 2.75) is 59.0 Å². The highest BCUT2D eigenvalue weighted by Crippen LogP contribution is 2.28. The molecule has 8 nitrogen and oxygen atoms in total. The fourth-order valence-electron chi connectivity index (χ4n) is 3.12. The number of ether oxygens (including phenoxy) is 1. The molecule has 0 spiro atoms. The molecule has 0 aromatic rings. The fraction of sp³-hybridized carbons (Fsp3) is 0.850. The van der Waals surface area contributed by atoms with E-state index in [9.17, 15) is 9.59 Å². The van der Waals surface area contributed by atoms with Crippen molar-refractivity contribution in [3.63, 3.8) is 0 Å². The maximum atomic E-state index is 12.3. The predicted octanol–water partition coefficient (Wildman–Crippen LogP) is 1.71. The largest absolute Gasteiger partial charge is 0.444 e. The van der Waals surface area contributed by atoms with E-state index >= 15 is 0 Å². The van der Waals surface area contributed by atoms with Crippen LogP contribution < -0.4 is 16.0 Å². The molecule has 1 saturated carbocycles. The van der Waals surface area contributed by atoms with E-state index in [4.69, 9.17) is 4.74 Å². The second-order valence-electron chi connectivity index (χ2n) is 8.65. The van der Waals surface area contributed by atoms with Crippen molar-refractivity contribution in [3.8, 4) is 0 Å². The normalized spacial score (nSPS) is 20.5. The minimum atomic E-state index is -0.473. The summed E-state index contributed by atoms with van der Waals surface area (Å²) in [5.74, 6) is 1.47. The summed E-state index contributed by atoms with van der Waals surface area (Å²) in [5, 5.41) is 9.43. The van der Waals surface area contributed by atoms with Crippen LogP contribution in [0.4, 0.5) is 4.79 Å². The van der Waals surface area contributed by atoms with Crippen molar-refractivity contribution in [1.82, 2.24) is 20.9 Å². The summed E-state index contributed by atoms with van der Waals surface area (Å²) >= 11 is 0. The molecule has 2 amide bonds. The molecule has 0 radical (unpaired) electrons. The van der Waals surface area contributed by atoms with Gasteiger partial charge in [0.2, 0.25) is 5.91 Å². The number of aliphatic imine (C=N–C) groups is 1. The van der Waals surface area contributed by atoms with Crippen molar-refractivity contribution >= 4 is 18.0 Å². The number of hydrogen-bond donors (Lipinski definition) is 3. The first-order chi connectivity index (χ1) is 13.3. The van der Waals surface area contributed by atoms with Gasteiger partial charge >= 0.3 is 6.09 Å². The van der Waals surface area contributed by atoms with Crippen LogP contribution in [0.1, 0.15) is 53.4 Å². The van der Waals surface area contributed by atoms with Crippen LogP contribution in [0, 0.1) is 11.8 Å². The minimum Gasteiger partial charge on any atom is -0.444 e. The molecular formula is C20H37N5O3. The predicted molar refractivity (Wildman–Crippen MR) is 110 cm³/mol. The summed E-state index contributed by atoms with van der Waals surface area (Å²) in [4.78, 5) is 30.4. The topological polar surface area (TPSA) is 95.1 Å². The lowest BCUT2D eigenvalue weighted by Gasteiger charge is -2.33. The summed E-state index contributed by atoms with van der Waals surface area (Å²) in [7, 11) is 0. The van der Waals surface area contributed by atoms with E-state index in [0.717, 1.165) is 44.7 Å². The van der Waals surface area contributed by atoms with Crippen LogP contribution in [0.3, 0.4) is 0 Å². The first kappa shape index (κ1) is 22.3. The van der Waals surface area contributed by atoms with Gasteiger partial charge in [-0.15, -0.1) is 0 Å². The molecule has 1 heterocycles. The number of amides is 2. The van der Waals surface area contributed by atoms with Gasteiger partial charge < -0.3 is 25.6 Å². The van der Waals surface area contributed by atoms with Crippen LogP contribution in [-0.2, 0) is 9.53 Å². The highest BCUT2D eigenvalue weighted by molar-refractivity contribution is 5.81. The highest BCUT2D eigenvalue weighted by atomic mass is 16.6. The van der Waals surface area contributed by atoms with Gasteiger partial charge in [0.05, 0.1) is 0 Å². The molecule has 28 heavy (non-hydrogen) atoms. The Morgan fingerprint density at radius 1 is 1.11 bits per heavy atom. The van der Waals surface area contributed by atoms with E-state index in [0.29, 0.717) is 32.1 Å². The molecule has 1 aliphatic carbocycles. The Labute approximate surface area is 168 Å². The van der Waals surface area contributed by atoms with Crippen molar-refractivity contribution < 1.29 is 14.3 Å². The molecule has 160 valence electrons. The lowest BCUT2D eigenvalue weighted by atomic mass is 9.98. The molecule has 0 aromatic heterocycles. The van der Waals surface area contributed by atoms with Gasteiger partial charge in [0.1, 0.15) is 5.60 Å². The van der Waals surface area contributed by atoms with Gasteiger partial charge in [-0.3, -0.25) is 9.79 Å². The average molecular weight is 396 g/mol. The number of hydrogen-bond acceptors (Lipinski definition) is 4. The van der Waals surface area contributed by atoms with Crippen molar-refractivity contribution in [2.75, 3.05) is 39.3 Å². The van der Waals surface area contributed by atoms with Gasteiger partial charge in [0, 0.05) is 45.2 Å². The lowest BCUT2D eigenvalue weighted by molar-refractivity contribution is -0.122. The van der Waals surface area contributed by atoms with E-state index in [1.165, 1.54) is 0 Å². The Morgan fingerprint density at radius 3 is 2.46 bits per heavy atom. The second-order valence-corrected chi connectivity index (χ2v) is 8.65. The van der Waals surface area contributed by atoms with Crippen molar-refractivity contribution in [2.24, 2.45) is 16.8 Å². The fourth-order valence-corrected chi connectivity index (χ4v) is 3.12. The van der Waals surface area contributed by atoms with Gasteiger partial charge in [-0.25, -0.2) is 4.79 Å². The number of carbonyl (C=O) groups excluding carboxylic acids is 2. The molecular weight excluding hydrogens is 358 g/mol. The smallest absolute Gasteiger partial charge is 0.410 e. The van der Waals surface area contributed by atoms with Crippen LogP contribution in [0.25, 0.3) is 0 Å². The second kappa shape index (κ2) is 10.5. The zero-order chi connectivity index (χ0) is 20.6. The SMILES string of the molecule is CCNC(=NCC1CCCN(C(=O)OC(C)(C)C)C1)NCCNC(=O)C1CC1. The Bertz CT molecular complexity index is 555. The van der Waals surface area contributed by atoms with Crippen LogP contribution in [0.15, 0.2) is 4.99 Å². The molecule has 2 fully saturated rings. The van der Waals surface area contributed by atoms with Crippen LogP contribution in [0.2, 0.25) is 0 Å². The first-order valence-corrected chi connectivity index (χ1v) is 10.6. The van der Waals surface area contributed by atoms with Gasteiger partial charge in [-0.1, -0.05) is 0 Å². The molecule has 1 saturated heterocycles. The van der Waals surface area contributed by atoms with E-state index in [2.05, 4.69) is 20.9 Å². The number of rotatable bonds is 7. The summed E-state index contributed by atoms with van der Waals surface area (Å²) in [6, 6.07) is 0. The quantitative estimate of drug-likeness (QED) is 0.347. The molecule has 2 rings (SSSR count). The summed E-state index contributed by atoms with van der Waals surface area (Å²) in [6.07, 6.45) is 3.82. The Balaban J connectivity index is 1.75. The summed E-state index contributed by atoms with van der Waals surface area (Å²) < 4.78 is 5.49. The van der Waals surface area contributed by atoms with Crippen LogP contribution in [-0.4, -0.2) is 67.7 Å². The highest BCUT2D eigenvalue weighted by Gasteiger charge is 2.29. The van der Waals surface area contributed by atoms with E-state index in [-0.39, 0.29) is 17.9 Å². The average Bonchev–Trinajstić information content (AvgIpc) is 3.47. The molecule has 1 aliphatic heterocycles. The van der Waals surface area contributed by atoms with Crippen molar-refractivity contribution in [3.05, 3.63) is 0 Å². The number of likely N-dealkylation sites (tertiary alicyclic amines) is 1. The maximum Gasteiger partial charge on any atom is 0.410 e. The summed E-state index contributed by atoms with van der Waals surface area (Å²) in [6.45, 7) is 11.8. The van der Waals surface area contributed by atoms with Gasteiger partial charge in [-0.05, 0) is 59.3 Å². The third kappa shape index (κ3) is 8.35. The molecule has 1 unspecified atom stereocenters. The number of piperidine rings is 1. The maximum absolute atomic E-state index is 12.3. The van der Waals surface area contributed by atoms with E-state index in [1.54, 1.807) is 4.90 Å². The standard InChI is InChI=1S/C20H37N5O3/c1-5-21-18(23-11-10-22-17(26)16-8-9-16)24-13-15-7-6-12-25(14-15)19(27)28-20(2,3)4/h15-16H,5-14H2,1-4H3,(H,22,26)(H2,21,23,24). The number of carbonyl (C=O) groups is 2. The van der Waals surface area contributed by atoms with Crippen molar-refractivity contribution in [1.29, 1.82) is 0 Å². The molecule has 3 N–H and O–H groups in total. The molecule has 1 atom stereocenters. The van der Waals surface area contributed by atoms with Gasteiger partial charge in [-0.2, -0.15) is 0 Å². The third-order valence-corrected chi connectivity index (χ3v) is 4.69. The van der Waals surface area contributed by atoms with E-state index in [1.807, 2.05) is 27.7 Å². The lowest BCUT2D eigenvalue weighted by Crippen LogP contribution is -2.44. The third-order valence-electron chi connectivity index (χ3n) is 4.69. The number of guanidine groups is 1. The van der Waals surface area contributed by atoms with Crippen LogP contribution in [0.5, 0.6) is 0 Å². The first-order valence-electron chi connectivity index (χ1n) is 10.6. The minimum absolute atomic E-state index is 0.160. The van der Waals surface area contributed by atoms with Gasteiger partial charge in [0.15, 0.2) is 5.96 Å². The number of nitrogens with zero attached hydrogens (tertiary/aromatic N) is 2. The number of nitrogens with one attached hydrogen (secondary N) is 3. The summed E-state index contributed by atoms with van der Waals surface area (Å²) in [5.41, 5.74) is -0.473. The molecule has 8 heteroatoms. The monoisotopic (exact) mass is 395 g/mol. The molecule has 0 bridgehead atoms. The zero-order valence-electron chi connectivity index (χ0n) is 17.8. The van der Waals surface area contributed by atoms with Crippen LogP contribution >= 0.6 is 0 Å². The Kier molecular flexibility index (Phi) is 8.38. The molecule has 0 aromatic carbocycles. The zero-order valence-corrected chi connectivity index (χ0v) is 17.8. The van der Waals surface area contributed by atoms with E-state index < -0.39 is 5.60 Å². The Hall–Kier alpha value is -1.99. The Morgan fingerprint density at radius 2 is 1.82 bits per heavy atom. The van der Waals surface area contributed by atoms with Gasteiger partial charge in [0.25, 0.3) is 0 Å².